The number of pyridine rings is 1. The van der Waals surface area contributed by atoms with Crippen molar-refractivity contribution in [1.82, 2.24) is 20.2 Å². The third-order valence-corrected chi connectivity index (χ3v) is 8.04. The number of aromatic amines is 1. The number of nitrogens with one attached hydrogen (secondary N) is 3. The van der Waals surface area contributed by atoms with Crippen LogP contribution in [0.4, 0.5) is 16.2 Å². The van der Waals surface area contributed by atoms with E-state index >= 15 is 0 Å². The molecule has 3 aliphatic heterocycles. The molecule has 9 nitrogen and oxygen atoms in total. The summed E-state index contributed by atoms with van der Waals surface area (Å²) in [7, 11) is 1.55. The first kappa shape index (κ1) is 27.0. The molecule has 1 aromatic carbocycles. The van der Waals surface area contributed by atoms with Crippen LogP contribution in [0.1, 0.15) is 55.2 Å². The molecule has 3 N–H and O–H groups in total. The summed E-state index contributed by atoms with van der Waals surface area (Å²) in [5, 5.41) is 6.81. The van der Waals surface area contributed by atoms with Gasteiger partial charge in [0, 0.05) is 43.2 Å². The molecule has 2 saturated heterocycles. The van der Waals surface area contributed by atoms with Gasteiger partial charge in [0.25, 0.3) is 5.91 Å². The molecule has 212 valence electrons. The normalized spacial score (nSPS) is 20.8. The first-order valence-corrected chi connectivity index (χ1v) is 14.1. The number of amides is 2. The number of anilines is 2. The van der Waals surface area contributed by atoms with E-state index < -0.39 is 11.1 Å². The predicted octanol–water partition coefficient (Wildman–Crippen LogP) is 5.52. The van der Waals surface area contributed by atoms with Crippen LogP contribution in [0.5, 0.6) is 5.75 Å². The summed E-state index contributed by atoms with van der Waals surface area (Å²) in [6.07, 6.45) is 5.39. The number of carbonyl (C=O) groups is 2. The number of halogens is 1. The zero-order valence-corrected chi connectivity index (χ0v) is 24.2. The number of methoxy groups -OCH3 is 1. The molecule has 0 radical (unpaired) electrons. The largest absolute Gasteiger partial charge is 0.493 e. The van der Waals surface area contributed by atoms with Gasteiger partial charge in [0.05, 0.1) is 40.3 Å². The van der Waals surface area contributed by atoms with E-state index in [1.54, 1.807) is 30.5 Å². The quantitative estimate of drug-likeness (QED) is 0.355. The van der Waals surface area contributed by atoms with Crippen LogP contribution < -0.4 is 15.4 Å². The molecule has 7 rings (SSSR count). The zero-order chi connectivity index (χ0) is 28.9. The number of hydrogen-bond acceptors (Lipinski definition) is 6. The Morgan fingerprint density at radius 2 is 2.07 bits per heavy atom. The van der Waals surface area contributed by atoms with Crippen molar-refractivity contribution in [3.8, 4) is 28.8 Å². The molecule has 5 heterocycles. The second-order valence-corrected chi connectivity index (χ2v) is 12.2. The lowest BCUT2D eigenvalue weighted by Gasteiger charge is -2.37. The van der Waals surface area contributed by atoms with Gasteiger partial charge in [-0.05, 0) is 57.7 Å². The van der Waals surface area contributed by atoms with Gasteiger partial charge in [-0.3, -0.25) is 14.7 Å². The fourth-order valence-electron chi connectivity index (χ4n) is 5.97. The third kappa shape index (κ3) is 4.87. The van der Waals surface area contributed by atoms with Crippen molar-refractivity contribution in [1.29, 1.82) is 0 Å². The second kappa shape index (κ2) is 10.0. The number of aromatic nitrogens is 2. The number of para-hydroxylation sites is 1. The van der Waals surface area contributed by atoms with E-state index in [0.717, 1.165) is 24.1 Å². The van der Waals surface area contributed by atoms with Gasteiger partial charge in [-0.1, -0.05) is 29.5 Å². The number of nitrogens with zero attached hydrogens (tertiary/aromatic N) is 2. The molecule has 41 heavy (non-hydrogen) atoms. The van der Waals surface area contributed by atoms with Crippen molar-refractivity contribution < 1.29 is 19.1 Å². The molecule has 0 unspecified atom stereocenters. The highest BCUT2D eigenvalue weighted by atomic mass is 35.5. The number of benzene rings is 1. The summed E-state index contributed by atoms with van der Waals surface area (Å²) in [5.41, 5.74) is 3.64. The van der Waals surface area contributed by atoms with E-state index in [-0.39, 0.29) is 12.0 Å². The molecule has 1 aliphatic carbocycles. The Labute approximate surface area is 244 Å². The lowest BCUT2D eigenvalue weighted by atomic mass is 9.73. The fraction of sp³-hybridized carbons (Fsp3) is 0.387. The lowest BCUT2D eigenvalue weighted by Crippen LogP contribution is -2.48. The van der Waals surface area contributed by atoms with Crippen molar-refractivity contribution >= 4 is 35.0 Å². The summed E-state index contributed by atoms with van der Waals surface area (Å²) in [6, 6.07) is 7.29. The molecule has 0 atom stereocenters. The van der Waals surface area contributed by atoms with Crippen molar-refractivity contribution in [2.45, 2.75) is 51.2 Å². The molecule has 4 aliphatic rings. The van der Waals surface area contributed by atoms with Gasteiger partial charge in [0.15, 0.2) is 5.75 Å². The van der Waals surface area contributed by atoms with Crippen LogP contribution in [0.25, 0.3) is 11.3 Å². The van der Waals surface area contributed by atoms with E-state index in [1.165, 1.54) is 0 Å². The molecule has 0 spiro atoms. The highest BCUT2D eigenvalue weighted by molar-refractivity contribution is 6.32. The molecule has 2 bridgehead atoms. The van der Waals surface area contributed by atoms with E-state index in [9.17, 15) is 9.59 Å². The van der Waals surface area contributed by atoms with E-state index in [1.807, 2.05) is 39.0 Å². The predicted molar refractivity (Wildman–Crippen MR) is 157 cm³/mol. The van der Waals surface area contributed by atoms with Crippen LogP contribution >= 0.6 is 11.6 Å². The Morgan fingerprint density at radius 1 is 1.27 bits per heavy atom. The van der Waals surface area contributed by atoms with Gasteiger partial charge in [-0.15, -0.1) is 0 Å². The monoisotopic (exact) mass is 573 g/mol. The molecule has 2 amide bonds. The van der Waals surface area contributed by atoms with Crippen LogP contribution in [0.15, 0.2) is 36.7 Å². The summed E-state index contributed by atoms with van der Waals surface area (Å²) in [6.45, 7) is 6.79. The summed E-state index contributed by atoms with van der Waals surface area (Å²) in [4.78, 5) is 35.7. The van der Waals surface area contributed by atoms with Gasteiger partial charge >= 0.3 is 6.09 Å². The van der Waals surface area contributed by atoms with Gasteiger partial charge in [-0.2, -0.15) is 0 Å². The minimum absolute atomic E-state index is 0.169. The highest BCUT2D eigenvalue weighted by Crippen LogP contribution is 2.51. The molecule has 10 heteroatoms. The zero-order valence-electron chi connectivity index (χ0n) is 23.5. The third-order valence-electron chi connectivity index (χ3n) is 7.74. The SMILES string of the molecule is COc1c(Cl)cccc1Nc1c(-c2ccncc2C#CC23CC(CN2C(=O)OC(C)(C)C)C3)[nH]c2c1C(=O)NCC2. The Kier molecular flexibility index (Phi) is 6.62. The Bertz CT molecular complexity index is 1610. The smallest absolute Gasteiger partial charge is 0.411 e. The lowest BCUT2D eigenvalue weighted by molar-refractivity contribution is 0.0172. The fourth-order valence-corrected chi connectivity index (χ4v) is 6.22. The van der Waals surface area contributed by atoms with Crippen LogP contribution in [0.3, 0.4) is 0 Å². The number of H-pyrrole nitrogens is 1. The summed E-state index contributed by atoms with van der Waals surface area (Å²) >= 11 is 6.40. The van der Waals surface area contributed by atoms with Crippen LogP contribution in [-0.2, 0) is 11.2 Å². The van der Waals surface area contributed by atoms with Crippen molar-refractivity contribution in [2.24, 2.45) is 5.92 Å². The van der Waals surface area contributed by atoms with Gasteiger partial charge in [-0.25, -0.2) is 4.79 Å². The van der Waals surface area contributed by atoms with Crippen LogP contribution in [-0.4, -0.2) is 58.2 Å². The summed E-state index contributed by atoms with van der Waals surface area (Å²) < 4.78 is 11.2. The van der Waals surface area contributed by atoms with Crippen LogP contribution in [0, 0.1) is 17.8 Å². The van der Waals surface area contributed by atoms with Crippen molar-refractivity contribution in [3.05, 3.63) is 58.5 Å². The van der Waals surface area contributed by atoms with Gasteiger partial charge in [0.2, 0.25) is 0 Å². The molecule has 3 fully saturated rings. The number of rotatable bonds is 4. The number of ether oxygens (including phenoxy) is 2. The molecule has 1 saturated carbocycles. The summed E-state index contributed by atoms with van der Waals surface area (Å²) in [5.74, 6) is 7.49. The molecule has 2 aromatic heterocycles. The Morgan fingerprint density at radius 3 is 2.83 bits per heavy atom. The first-order valence-electron chi connectivity index (χ1n) is 13.7. The number of carbonyl (C=O) groups excluding carboxylic acids is 2. The van der Waals surface area contributed by atoms with Crippen molar-refractivity contribution in [2.75, 3.05) is 25.5 Å². The number of hydrogen-bond donors (Lipinski definition) is 3. The highest BCUT2D eigenvalue weighted by Gasteiger charge is 2.58. The topological polar surface area (TPSA) is 109 Å². The van der Waals surface area contributed by atoms with E-state index in [0.29, 0.717) is 64.4 Å². The molecular weight excluding hydrogens is 542 g/mol. The van der Waals surface area contributed by atoms with E-state index in [2.05, 4.69) is 32.4 Å². The average molecular weight is 574 g/mol. The van der Waals surface area contributed by atoms with Gasteiger partial charge in [0.1, 0.15) is 11.1 Å². The van der Waals surface area contributed by atoms with Crippen molar-refractivity contribution in [3.63, 3.8) is 0 Å². The maximum absolute atomic E-state index is 13.1. The Balaban J connectivity index is 1.41. The van der Waals surface area contributed by atoms with E-state index in [4.69, 9.17) is 21.1 Å². The second-order valence-electron chi connectivity index (χ2n) is 11.7. The minimum Gasteiger partial charge on any atom is -0.493 e. The first-order chi connectivity index (χ1) is 19.6. The Hall–Kier alpha value is -4.16. The molecular formula is C31H32ClN5O4. The molecule has 3 aromatic rings. The number of fused-ring (bicyclic) bond motifs is 2. The standard InChI is InChI=1S/C31H32ClN5O4/c1-30(2,3)41-29(39)37-17-18-14-31(37,15-18)11-8-19-16-33-12-9-20(19)25-26(24-22(35-25)10-13-34-28(24)38)36-23-7-5-6-21(32)27(23)40-4/h5-7,9,12,16,18,35-36H,10,13-15,17H2,1-4H3,(H,34,38). The average Bonchev–Trinajstić information content (AvgIpc) is 3.57. The maximum Gasteiger partial charge on any atom is 0.411 e. The van der Waals surface area contributed by atoms with Crippen LogP contribution in [0.2, 0.25) is 5.02 Å². The van der Waals surface area contributed by atoms with Gasteiger partial charge < -0.3 is 25.1 Å². The minimum atomic E-state index is -0.580. The maximum atomic E-state index is 13.1.